The summed E-state index contributed by atoms with van der Waals surface area (Å²) in [5.41, 5.74) is 0.0809. The van der Waals surface area contributed by atoms with E-state index >= 15 is 0 Å². The fourth-order valence-corrected chi connectivity index (χ4v) is 3.12. The standard InChI is InChI=1S/C20H12F3N3O3S/c21-20(22,23)14-4-2-12(3-5-14)15-10-30-19(25-15)26-18(29)13(9-24)7-11-1-6-16(27)17(28)8-11/h1-8,10,27-28H,(H,25,26,29)/b13-7+. The minimum atomic E-state index is -4.44. The molecule has 1 aromatic heterocycles. The molecule has 2 aromatic carbocycles. The Labute approximate surface area is 172 Å². The predicted molar refractivity (Wildman–Crippen MR) is 105 cm³/mol. The summed E-state index contributed by atoms with van der Waals surface area (Å²) < 4.78 is 38.0. The third-order valence-electron chi connectivity index (χ3n) is 3.91. The highest BCUT2D eigenvalue weighted by Crippen LogP contribution is 2.32. The molecule has 0 unspecified atom stereocenters. The minimum Gasteiger partial charge on any atom is -0.504 e. The average molecular weight is 431 g/mol. The van der Waals surface area contributed by atoms with Crippen molar-refractivity contribution in [3.8, 4) is 28.8 Å². The molecule has 0 aliphatic rings. The summed E-state index contributed by atoms with van der Waals surface area (Å²) in [7, 11) is 0. The van der Waals surface area contributed by atoms with E-state index in [1.807, 2.05) is 0 Å². The molecule has 0 radical (unpaired) electrons. The van der Waals surface area contributed by atoms with Crippen LogP contribution in [0.25, 0.3) is 17.3 Å². The SMILES string of the molecule is N#C/C(=C\c1ccc(O)c(O)c1)C(=O)Nc1nc(-c2ccc(C(F)(F)F)cc2)cs1. The molecule has 3 rings (SSSR count). The average Bonchev–Trinajstić information content (AvgIpc) is 3.16. The molecular formula is C20H12F3N3O3S. The van der Waals surface area contributed by atoms with E-state index in [4.69, 9.17) is 0 Å². The van der Waals surface area contributed by atoms with Gasteiger partial charge in [0.2, 0.25) is 0 Å². The first-order valence-electron chi connectivity index (χ1n) is 8.25. The van der Waals surface area contributed by atoms with Crippen molar-refractivity contribution >= 4 is 28.5 Å². The van der Waals surface area contributed by atoms with Gasteiger partial charge in [-0.2, -0.15) is 18.4 Å². The number of halogens is 3. The number of rotatable bonds is 4. The van der Waals surface area contributed by atoms with E-state index in [9.17, 15) is 33.4 Å². The van der Waals surface area contributed by atoms with Gasteiger partial charge in [0, 0.05) is 10.9 Å². The molecule has 0 atom stereocenters. The van der Waals surface area contributed by atoms with E-state index in [0.717, 1.165) is 23.5 Å². The van der Waals surface area contributed by atoms with Crippen molar-refractivity contribution in [3.63, 3.8) is 0 Å². The van der Waals surface area contributed by atoms with Crippen LogP contribution in [-0.4, -0.2) is 21.1 Å². The summed E-state index contributed by atoms with van der Waals surface area (Å²) in [6.07, 6.45) is -3.22. The summed E-state index contributed by atoms with van der Waals surface area (Å²) in [4.78, 5) is 16.5. The Morgan fingerprint density at radius 2 is 1.83 bits per heavy atom. The van der Waals surface area contributed by atoms with Crippen LogP contribution in [0.3, 0.4) is 0 Å². The van der Waals surface area contributed by atoms with Crippen molar-refractivity contribution in [2.24, 2.45) is 0 Å². The largest absolute Gasteiger partial charge is 0.504 e. The topological polar surface area (TPSA) is 106 Å². The molecule has 1 heterocycles. The Morgan fingerprint density at radius 1 is 1.13 bits per heavy atom. The minimum absolute atomic E-state index is 0.157. The molecule has 10 heteroatoms. The van der Waals surface area contributed by atoms with Gasteiger partial charge in [0.25, 0.3) is 5.91 Å². The zero-order valence-electron chi connectivity index (χ0n) is 14.9. The molecule has 0 saturated heterocycles. The van der Waals surface area contributed by atoms with Gasteiger partial charge >= 0.3 is 6.18 Å². The molecule has 0 bridgehead atoms. The van der Waals surface area contributed by atoms with Crippen molar-refractivity contribution in [3.05, 3.63) is 64.5 Å². The van der Waals surface area contributed by atoms with Crippen LogP contribution in [0.4, 0.5) is 18.3 Å². The maximum Gasteiger partial charge on any atom is 0.416 e. The molecule has 6 nitrogen and oxygen atoms in total. The number of aromatic nitrogens is 1. The number of thiazole rings is 1. The monoisotopic (exact) mass is 431 g/mol. The predicted octanol–water partition coefficient (Wildman–Crippen LogP) is 4.79. The van der Waals surface area contributed by atoms with Gasteiger partial charge in [-0.1, -0.05) is 18.2 Å². The Morgan fingerprint density at radius 3 is 2.43 bits per heavy atom. The van der Waals surface area contributed by atoms with Crippen molar-refractivity contribution in [2.75, 3.05) is 5.32 Å². The quantitative estimate of drug-likeness (QED) is 0.313. The lowest BCUT2D eigenvalue weighted by Gasteiger charge is -2.06. The maximum absolute atomic E-state index is 12.7. The maximum atomic E-state index is 12.7. The van der Waals surface area contributed by atoms with Crippen LogP contribution in [0.2, 0.25) is 0 Å². The number of carbonyl (C=O) groups excluding carboxylic acids is 1. The molecule has 3 aromatic rings. The van der Waals surface area contributed by atoms with Gasteiger partial charge in [0.05, 0.1) is 11.3 Å². The Kier molecular flexibility index (Phi) is 5.75. The normalized spacial score (nSPS) is 11.7. The first kappa shape index (κ1) is 20.9. The van der Waals surface area contributed by atoms with Crippen LogP contribution >= 0.6 is 11.3 Å². The van der Waals surface area contributed by atoms with Crippen LogP contribution in [0, 0.1) is 11.3 Å². The van der Waals surface area contributed by atoms with Crippen molar-refractivity contribution in [1.29, 1.82) is 5.26 Å². The van der Waals surface area contributed by atoms with Gasteiger partial charge < -0.3 is 10.2 Å². The van der Waals surface area contributed by atoms with Crippen molar-refractivity contribution in [1.82, 2.24) is 4.98 Å². The number of nitrogens with one attached hydrogen (secondary N) is 1. The molecule has 3 N–H and O–H groups in total. The zero-order chi connectivity index (χ0) is 21.9. The number of anilines is 1. The number of alkyl halides is 3. The van der Waals surface area contributed by atoms with Gasteiger partial charge in [-0.3, -0.25) is 10.1 Å². The third-order valence-corrected chi connectivity index (χ3v) is 4.67. The number of hydrogen-bond donors (Lipinski definition) is 3. The first-order chi connectivity index (χ1) is 14.2. The van der Waals surface area contributed by atoms with Gasteiger partial charge in [-0.05, 0) is 35.9 Å². The molecule has 0 aliphatic heterocycles. The molecule has 0 spiro atoms. The number of phenols is 2. The van der Waals surface area contributed by atoms with Crippen LogP contribution < -0.4 is 5.32 Å². The van der Waals surface area contributed by atoms with Gasteiger partial charge in [-0.15, -0.1) is 11.3 Å². The number of carbonyl (C=O) groups is 1. The fraction of sp³-hybridized carbons (Fsp3) is 0.0500. The lowest BCUT2D eigenvalue weighted by molar-refractivity contribution is -0.137. The summed E-state index contributed by atoms with van der Waals surface area (Å²) in [5.74, 6) is -1.49. The second-order valence-electron chi connectivity index (χ2n) is 5.99. The number of phenolic OH excluding ortho intramolecular Hbond substituents is 2. The van der Waals surface area contributed by atoms with E-state index in [-0.39, 0.29) is 16.5 Å². The number of aromatic hydroxyl groups is 2. The second-order valence-corrected chi connectivity index (χ2v) is 6.84. The lowest BCUT2D eigenvalue weighted by atomic mass is 10.1. The first-order valence-corrected chi connectivity index (χ1v) is 9.13. The highest BCUT2D eigenvalue weighted by molar-refractivity contribution is 7.14. The molecule has 152 valence electrons. The molecule has 1 amide bonds. The zero-order valence-corrected chi connectivity index (χ0v) is 15.8. The number of hydrogen-bond acceptors (Lipinski definition) is 6. The fourth-order valence-electron chi connectivity index (χ4n) is 2.40. The molecule has 30 heavy (non-hydrogen) atoms. The van der Waals surface area contributed by atoms with E-state index < -0.39 is 23.4 Å². The van der Waals surface area contributed by atoms with Crippen molar-refractivity contribution < 1.29 is 28.2 Å². The molecule has 0 saturated carbocycles. The lowest BCUT2D eigenvalue weighted by Crippen LogP contribution is -2.13. The number of amides is 1. The Hall–Kier alpha value is -3.84. The molecular weight excluding hydrogens is 419 g/mol. The summed E-state index contributed by atoms with van der Waals surface area (Å²) >= 11 is 1.05. The Balaban J connectivity index is 1.76. The highest BCUT2D eigenvalue weighted by Gasteiger charge is 2.30. The molecule has 0 aliphatic carbocycles. The van der Waals surface area contributed by atoms with Crippen molar-refractivity contribution in [2.45, 2.75) is 6.18 Å². The number of nitriles is 1. The van der Waals surface area contributed by atoms with E-state index in [1.165, 1.54) is 36.4 Å². The summed E-state index contributed by atoms with van der Waals surface area (Å²) in [6.45, 7) is 0. The van der Waals surface area contributed by atoms with Crippen LogP contribution in [0.5, 0.6) is 11.5 Å². The summed E-state index contributed by atoms with van der Waals surface area (Å²) in [5, 5.41) is 32.2. The number of nitrogens with zero attached hydrogens (tertiary/aromatic N) is 2. The third kappa shape index (κ3) is 4.76. The van der Waals surface area contributed by atoms with E-state index in [1.54, 1.807) is 11.4 Å². The smallest absolute Gasteiger partial charge is 0.416 e. The van der Waals surface area contributed by atoms with E-state index in [2.05, 4.69) is 10.3 Å². The summed E-state index contributed by atoms with van der Waals surface area (Å²) in [6, 6.07) is 9.99. The van der Waals surface area contributed by atoms with Gasteiger partial charge in [-0.25, -0.2) is 4.98 Å². The number of benzene rings is 2. The van der Waals surface area contributed by atoms with Crippen LogP contribution in [0.15, 0.2) is 53.4 Å². The van der Waals surface area contributed by atoms with E-state index in [0.29, 0.717) is 16.8 Å². The van der Waals surface area contributed by atoms with Crippen LogP contribution in [0.1, 0.15) is 11.1 Å². The van der Waals surface area contributed by atoms with Gasteiger partial charge in [0.15, 0.2) is 16.6 Å². The van der Waals surface area contributed by atoms with Crippen LogP contribution in [-0.2, 0) is 11.0 Å². The second kappa shape index (κ2) is 8.26. The van der Waals surface area contributed by atoms with Gasteiger partial charge in [0.1, 0.15) is 11.6 Å². The Bertz CT molecular complexity index is 1160. The molecule has 0 fully saturated rings. The highest BCUT2D eigenvalue weighted by atomic mass is 32.1.